The van der Waals surface area contributed by atoms with Gasteiger partial charge in [0.05, 0.1) is 27.0 Å². The summed E-state index contributed by atoms with van der Waals surface area (Å²) in [6, 6.07) is 16.9. The molecule has 1 saturated carbocycles. The van der Waals surface area contributed by atoms with Gasteiger partial charge in [-0.25, -0.2) is 4.98 Å². The first-order chi connectivity index (χ1) is 18.4. The number of rotatable bonds is 6. The Morgan fingerprint density at radius 1 is 1.08 bits per heavy atom. The number of hydrogen-bond donors (Lipinski definition) is 2. The lowest BCUT2D eigenvalue weighted by Gasteiger charge is -2.27. The first kappa shape index (κ1) is 24.2. The zero-order chi connectivity index (χ0) is 26.4. The van der Waals surface area contributed by atoms with Gasteiger partial charge < -0.3 is 15.5 Å². The Morgan fingerprint density at radius 2 is 1.89 bits per heavy atom. The van der Waals surface area contributed by atoms with E-state index in [0.717, 1.165) is 33.7 Å². The van der Waals surface area contributed by atoms with Crippen LogP contribution in [0.5, 0.6) is 0 Å². The van der Waals surface area contributed by atoms with Gasteiger partial charge in [-0.1, -0.05) is 30.3 Å². The maximum absolute atomic E-state index is 13.9. The van der Waals surface area contributed by atoms with Crippen molar-refractivity contribution in [3.05, 3.63) is 77.1 Å². The van der Waals surface area contributed by atoms with Crippen molar-refractivity contribution in [1.29, 1.82) is 0 Å². The van der Waals surface area contributed by atoms with Gasteiger partial charge in [0.25, 0.3) is 11.8 Å². The fraction of sp³-hybridized carbons (Fsp3) is 0.276. The van der Waals surface area contributed by atoms with Gasteiger partial charge in [-0.05, 0) is 55.5 Å². The van der Waals surface area contributed by atoms with E-state index in [-0.39, 0.29) is 29.8 Å². The molecule has 0 bridgehead atoms. The lowest BCUT2D eigenvalue weighted by molar-refractivity contribution is -0.114. The van der Waals surface area contributed by atoms with E-state index >= 15 is 0 Å². The molecule has 8 nitrogen and oxygen atoms in total. The molecule has 0 radical (unpaired) electrons. The molecule has 2 aliphatic rings. The number of likely N-dealkylation sites (tertiary alicyclic amines) is 1. The molecule has 4 aromatic rings. The van der Waals surface area contributed by atoms with E-state index in [0.29, 0.717) is 34.9 Å². The minimum Gasteiger partial charge on any atom is -0.350 e. The highest BCUT2D eigenvalue weighted by atomic mass is 32.1. The number of para-hydroxylation sites is 1. The van der Waals surface area contributed by atoms with Crippen molar-refractivity contribution in [1.82, 2.24) is 20.2 Å². The molecule has 0 unspecified atom stereocenters. The molecule has 2 aromatic heterocycles. The molecule has 38 heavy (non-hydrogen) atoms. The Labute approximate surface area is 224 Å². The number of carbonyl (C=O) groups is 3. The smallest absolute Gasteiger partial charge is 0.274 e. The second-order valence-corrected chi connectivity index (χ2v) is 11.1. The number of thiazole rings is 1. The summed E-state index contributed by atoms with van der Waals surface area (Å²) in [5, 5.41) is 7.57. The van der Waals surface area contributed by atoms with Crippen molar-refractivity contribution in [3.63, 3.8) is 0 Å². The molecule has 3 amide bonds. The van der Waals surface area contributed by atoms with E-state index in [4.69, 9.17) is 0 Å². The van der Waals surface area contributed by atoms with E-state index in [1.165, 1.54) is 18.3 Å². The molecular weight excluding hydrogens is 498 g/mol. The zero-order valence-electron chi connectivity index (χ0n) is 21.1. The zero-order valence-corrected chi connectivity index (χ0v) is 21.9. The lowest BCUT2D eigenvalue weighted by atomic mass is 10.1. The Hall–Kier alpha value is -4.11. The Balaban J connectivity index is 1.23. The number of pyridine rings is 1. The third-order valence-electron chi connectivity index (χ3n) is 7.20. The summed E-state index contributed by atoms with van der Waals surface area (Å²) in [6.07, 6.45) is 3.53. The average Bonchev–Trinajstić information content (AvgIpc) is 3.39. The van der Waals surface area contributed by atoms with Crippen LogP contribution in [0.4, 0.5) is 5.69 Å². The molecule has 2 aromatic carbocycles. The number of hydrogen-bond acceptors (Lipinski definition) is 6. The summed E-state index contributed by atoms with van der Waals surface area (Å²) in [4.78, 5) is 50.3. The number of piperidine rings is 1. The van der Waals surface area contributed by atoms with Crippen LogP contribution in [0.3, 0.4) is 0 Å². The third kappa shape index (κ3) is 4.54. The van der Waals surface area contributed by atoms with E-state index < -0.39 is 0 Å². The van der Waals surface area contributed by atoms with Crippen LogP contribution in [-0.2, 0) is 4.79 Å². The van der Waals surface area contributed by atoms with Crippen molar-refractivity contribution in [2.24, 2.45) is 5.92 Å². The summed E-state index contributed by atoms with van der Waals surface area (Å²) in [5.74, 6) is 0.0129. The van der Waals surface area contributed by atoms with Crippen LogP contribution >= 0.6 is 11.3 Å². The predicted octanol–water partition coefficient (Wildman–Crippen LogP) is 4.66. The SMILES string of the molecule is CC(=O)Nc1cccc(-c2sc(C)nc2C(=O)N2[C@H](CNC(=O)c3cccc4cccnc34)C[C@@H]3C[C@@H]32)c1. The molecule has 3 heterocycles. The average molecular weight is 526 g/mol. The largest absolute Gasteiger partial charge is 0.350 e. The highest BCUT2D eigenvalue weighted by Gasteiger charge is 2.54. The second-order valence-electron chi connectivity index (χ2n) is 9.93. The van der Waals surface area contributed by atoms with E-state index in [1.54, 1.807) is 12.3 Å². The van der Waals surface area contributed by atoms with Crippen molar-refractivity contribution < 1.29 is 14.4 Å². The minimum atomic E-state index is -0.192. The monoisotopic (exact) mass is 525 g/mol. The predicted molar refractivity (Wildman–Crippen MR) is 147 cm³/mol. The molecule has 0 spiro atoms. The van der Waals surface area contributed by atoms with Crippen LogP contribution in [0, 0.1) is 12.8 Å². The number of aryl methyl sites for hydroxylation is 1. The third-order valence-corrected chi connectivity index (χ3v) is 8.22. The first-order valence-electron chi connectivity index (χ1n) is 12.7. The summed E-state index contributed by atoms with van der Waals surface area (Å²) in [6.45, 7) is 3.73. The number of benzene rings is 2. The standard InChI is InChI=1S/C29H27N5O3S/c1-16(35)32-21-9-3-7-19(12-21)27-26(33-17(2)38-27)29(37)34-22(13-20-14-24(20)34)15-31-28(36)23-10-4-6-18-8-5-11-30-25(18)23/h3-12,20,22,24H,13-15H2,1-2H3,(H,31,36)(H,32,35)/t20-,22+,24+/m1/s1. The Kier molecular flexibility index (Phi) is 6.15. The van der Waals surface area contributed by atoms with E-state index in [1.807, 2.05) is 60.4 Å². The van der Waals surface area contributed by atoms with Crippen LogP contribution < -0.4 is 10.6 Å². The second kappa shape index (κ2) is 9.64. The minimum absolute atomic E-state index is 0.0984. The normalized spacial score (nSPS) is 19.7. The first-order valence-corrected chi connectivity index (χ1v) is 13.5. The van der Waals surface area contributed by atoms with Gasteiger partial charge in [-0.3, -0.25) is 19.4 Å². The summed E-state index contributed by atoms with van der Waals surface area (Å²) in [7, 11) is 0. The number of nitrogens with zero attached hydrogens (tertiary/aromatic N) is 3. The number of nitrogens with one attached hydrogen (secondary N) is 2. The van der Waals surface area contributed by atoms with Crippen LogP contribution in [0.15, 0.2) is 60.8 Å². The molecule has 192 valence electrons. The fourth-order valence-corrected chi connectivity index (χ4v) is 6.39. The van der Waals surface area contributed by atoms with Gasteiger partial charge in [-0.2, -0.15) is 0 Å². The maximum atomic E-state index is 13.9. The van der Waals surface area contributed by atoms with Crippen LogP contribution in [0.1, 0.15) is 45.6 Å². The molecule has 1 aliphatic heterocycles. The number of fused-ring (bicyclic) bond motifs is 2. The Bertz CT molecular complexity index is 1580. The van der Waals surface area contributed by atoms with Gasteiger partial charge in [-0.15, -0.1) is 11.3 Å². The van der Waals surface area contributed by atoms with E-state index in [2.05, 4.69) is 20.6 Å². The molecule has 1 saturated heterocycles. The van der Waals surface area contributed by atoms with Crippen LogP contribution in [0.2, 0.25) is 0 Å². The maximum Gasteiger partial charge on any atom is 0.274 e. The van der Waals surface area contributed by atoms with Crippen LogP contribution in [0.25, 0.3) is 21.3 Å². The van der Waals surface area contributed by atoms with Gasteiger partial charge in [0.1, 0.15) is 5.69 Å². The lowest BCUT2D eigenvalue weighted by Crippen LogP contribution is -2.45. The van der Waals surface area contributed by atoms with Gasteiger partial charge in [0.15, 0.2) is 0 Å². The topological polar surface area (TPSA) is 104 Å². The van der Waals surface area contributed by atoms with E-state index in [9.17, 15) is 14.4 Å². The summed E-state index contributed by atoms with van der Waals surface area (Å²) >= 11 is 1.47. The fourth-order valence-electron chi connectivity index (χ4n) is 5.48. The quantitative estimate of drug-likeness (QED) is 0.381. The number of carbonyl (C=O) groups excluding carboxylic acids is 3. The summed E-state index contributed by atoms with van der Waals surface area (Å²) < 4.78 is 0. The molecule has 2 fully saturated rings. The highest BCUT2D eigenvalue weighted by Crippen LogP contribution is 2.49. The molecule has 9 heteroatoms. The van der Waals surface area contributed by atoms with Crippen molar-refractivity contribution >= 4 is 45.6 Å². The molecule has 3 atom stereocenters. The molecule has 6 rings (SSSR count). The van der Waals surface area contributed by atoms with Crippen LogP contribution in [-0.4, -0.2) is 51.2 Å². The highest BCUT2D eigenvalue weighted by molar-refractivity contribution is 7.15. The Morgan fingerprint density at radius 3 is 2.74 bits per heavy atom. The number of anilines is 1. The number of amides is 3. The van der Waals surface area contributed by atoms with Crippen molar-refractivity contribution in [3.8, 4) is 10.4 Å². The van der Waals surface area contributed by atoms with Crippen molar-refractivity contribution in [2.75, 3.05) is 11.9 Å². The van der Waals surface area contributed by atoms with Gasteiger partial charge in [0, 0.05) is 36.8 Å². The molecule has 1 aliphatic carbocycles. The van der Waals surface area contributed by atoms with Gasteiger partial charge in [0.2, 0.25) is 5.91 Å². The van der Waals surface area contributed by atoms with Gasteiger partial charge >= 0.3 is 0 Å². The molecular formula is C29H27N5O3S. The number of aromatic nitrogens is 2. The molecule has 2 N–H and O–H groups in total. The van der Waals surface area contributed by atoms with Crippen molar-refractivity contribution in [2.45, 2.75) is 38.8 Å². The summed E-state index contributed by atoms with van der Waals surface area (Å²) in [5.41, 5.74) is 3.13.